The third-order valence-electron chi connectivity index (χ3n) is 3.64. The van der Waals surface area contributed by atoms with Gasteiger partial charge in [0.05, 0.1) is 0 Å². The lowest BCUT2D eigenvalue weighted by Gasteiger charge is -2.11. The summed E-state index contributed by atoms with van der Waals surface area (Å²) in [7, 11) is 0. The first-order chi connectivity index (χ1) is 11.7. The molecule has 0 unspecified atom stereocenters. The predicted octanol–water partition coefficient (Wildman–Crippen LogP) is 5.47. The molecule has 2 nitrogen and oxygen atoms in total. The van der Waals surface area contributed by atoms with E-state index in [-0.39, 0.29) is 5.78 Å². The molecular weight excluding hydrogens is 296 g/mol. The van der Waals surface area contributed by atoms with Crippen molar-refractivity contribution in [3.8, 4) is 5.75 Å². The summed E-state index contributed by atoms with van der Waals surface area (Å²) in [6.45, 7) is 1.56. The molecule has 0 aliphatic rings. The van der Waals surface area contributed by atoms with Crippen LogP contribution in [0.4, 0.5) is 0 Å². The van der Waals surface area contributed by atoms with Crippen molar-refractivity contribution in [2.75, 3.05) is 0 Å². The van der Waals surface area contributed by atoms with Crippen LogP contribution in [0.5, 0.6) is 5.75 Å². The third kappa shape index (κ3) is 3.99. The quantitative estimate of drug-likeness (QED) is 0.355. The van der Waals surface area contributed by atoms with Crippen LogP contribution >= 0.6 is 0 Å². The Morgan fingerprint density at radius 3 is 1.92 bits per heavy atom. The first-order valence-electron chi connectivity index (χ1n) is 7.83. The molecule has 118 valence electrons. The van der Waals surface area contributed by atoms with Crippen LogP contribution in [0.15, 0.2) is 84.9 Å². The lowest BCUT2D eigenvalue weighted by Crippen LogP contribution is -1.96. The molecule has 0 saturated heterocycles. The molecule has 0 aliphatic carbocycles. The molecular formula is C22H18O2. The highest BCUT2D eigenvalue weighted by Gasteiger charge is 2.06. The number of ether oxygens (including phenoxy) is 1. The number of benzene rings is 3. The van der Waals surface area contributed by atoms with Crippen molar-refractivity contribution in [3.05, 3.63) is 102 Å². The Balaban J connectivity index is 1.93. The van der Waals surface area contributed by atoms with Gasteiger partial charge >= 0.3 is 0 Å². The van der Waals surface area contributed by atoms with Gasteiger partial charge in [-0.25, -0.2) is 0 Å². The van der Waals surface area contributed by atoms with Gasteiger partial charge in [-0.05, 0) is 42.8 Å². The van der Waals surface area contributed by atoms with Crippen LogP contribution in [0.1, 0.15) is 28.4 Å². The Labute approximate surface area is 142 Å². The summed E-state index contributed by atoms with van der Waals surface area (Å²) in [6.07, 6.45) is 2.01. The maximum Gasteiger partial charge on any atom is 0.159 e. The van der Waals surface area contributed by atoms with Crippen LogP contribution in [0.25, 0.3) is 11.8 Å². The topological polar surface area (TPSA) is 26.3 Å². The highest BCUT2D eigenvalue weighted by atomic mass is 16.5. The van der Waals surface area contributed by atoms with Gasteiger partial charge in [0, 0.05) is 11.1 Å². The first-order valence-corrected chi connectivity index (χ1v) is 7.83. The number of Topliss-reactive ketones (excluding diaryl/α,β-unsaturated/α-hetero) is 1. The number of carbonyl (C=O) groups is 1. The van der Waals surface area contributed by atoms with Gasteiger partial charge in [0.2, 0.25) is 0 Å². The average molecular weight is 314 g/mol. The van der Waals surface area contributed by atoms with Gasteiger partial charge in [0.1, 0.15) is 11.5 Å². The molecule has 24 heavy (non-hydrogen) atoms. The summed E-state index contributed by atoms with van der Waals surface area (Å²) < 4.78 is 6.09. The van der Waals surface area contributed by atoms with Crippen molar-refractivity contribution in [1.82, 2.24) is 0 Å². The second kappa shape index (κ2) is 7.42. The second-order valence-corrected chi connectivity index (χ2v) is 5.47. The van der Waals surface area contributed by atoms with E-state index < -0.39 is 0 Å². The van der Waals surface area contributed by atoms with E-state index in [9.17, 15) is 4.79 Å². The Morgan fingerprint density at radius 2 is 1.33 bits per heavy atom. The number of hydrogen-bond donors (Lipinski definition) is 0. The summed E-state index contributed by atoms with van der Waals surface area (Å²) in [6, 6.07) is 27.2. The largest absolute Gasteiger partial charge is 0.457 e. The fourth-order valence-electron chi connectivity index (χ4n) is 2.36. The van der Waals surface area contributed by atoms with Crippen LogP contribution in [0.2, 0.25) is 0 Å². The van der Waals surface area contributed by atoms with Crippen molar-refractivity contribution in [3.63, 3.8) is 0 Å². The van der Waals surface area contributed by atoms with Crippen molar-refractivity contribution < 1.29 is 9.53 Å². The van der Waals surface area contributed by atoms with Gasteiger partial charge in [-0.1, -0.05) is 60.7 Å². The highest BCUT2D eigenvalue weighted by Crippen LogP contribution is 2.24. The molecule has 3 aromatic rings. The Hall–Kier alpha value is -3.13. The molecule has 3 aromatic carbocycles. The smallest absolute Gasteiger partial charge is 0.159 e. The highest BCUT2D eigenvalue weighted by molar-refractivity contribution is 5.94. The SMILES string of the molecule is CC(=O)c1ccc(O/C(=C/c2ccccc2)c2ccccc2)cc1. The maximum absolute atomic E-state index is 11.4. The summed E-state index contributed by atoms with van der Waals surface area (Å²) in [5.74, 6) is 1.51. The van der Waals surface area contributed by atoms with Gasteiger partial charge < -0.3 is 4.74 Å². The predicted molar refractivity (Wildman–Crippen MR) is 97.8 cm³/mol. The van der Waals surface area contributed by atoms with E-state index in [1.807, 2.05) is 78.9 Å². The van der Waals surface area contributed by atoms with Crippen molar-refractivity contribution in [2.24, 2.45) is 0 Å². The van der Waals surface area contributed by atoms with E-state index in [4.69, 9.17) is 4.74 Å². The Kier molecular flexibility index (Phi) is 4.87. The molecule has 0 atom stereocenters. The molecule has 0 aliphatic heterocycles. The lowest BCUT2D eigenvalue weighted by atomic mass is 10.1. The number of carbonyl (C=O) groups excluding carboxylic acids is 1. The molecule has 0 amide bonds. The zero-order valence-electron chi connectivity index (χ0n) is 13.5. The summed E-state index contributed by atoms with van der Waals surface area (Å²) in [4.78, 5) is 11.4. The maximum atomic E-state index is 11.4. The third-order valence-corrected chi connectivity index (χ3v) is 3.64. The monoisotopic (exact) mass is 314 g/mol. The minimum Gasteiger partial charge on any atom is -0.457 e. The van der Waals surface area contributed by atoms with Crippen molar-refractivity contribution in [2.45, 2.75) is 6.92 Å². The van der Waals surface area contributed by atoms with E-state index in [2.05, 4.69) is 0 Å². The molecule has 0 spiro atoms. The lowest BCUT2D eigenvalue weighted by molar-refractivity contribution is 0.101. The van der Waals surface area contributed by atoms with Crippen LogP contribution in [-0.2, 0) is 0 Å². The minimum absolute atomic E-state index is 0.0460. The molecule has 0 bridgehead atoms. The van der Waals surface area contributed by atoms with E-state index in [0.29, 0.717) is 11.3 Å². The Bertz CT molecular complexity index is 832. The normalized spacial score (nSPS) is 11.1. The van der Waals surface area contributed by atoms with Crippen molar-refractivity contribution in [1.29, 1.82) is 0 Å². The fraction of sp³-hybridized carbons (Fsp3) is 0.0455. The summed E-state index contributed by atoms with van der Waals surface area (Å²) in [5, 5.41) is 0. The zero-order chi connectivity index (χ0) is 16.8. The first kappa shape index (κ1) is 15.8. The fourth-order valence-corrected chi connectivity index (χ4v) is 2.36. The van der Waals surface area contributed by atoms with Gasteiger partial charge in [-0.15, -0.1) is 0 Å². The molecule has 0 aromatic heterocycles. The van der Waals surface area contributed by atoms with E-state index in [0.717, 1.165) is 16.9 Å². The Morgan fingerprint density at radius 1 is 0.750 bits per heavy atom. The number of ketones is 1. The van der Waals surface area contributed by atoms with Crippen molar-refractivity contribution >= 4 is 17.6 Å². The van der Waals surface area contributed by atoms with Crippen LogP contribution in [-0.4, -0.2) is 5.78 Å². The summed E-state index contributed by atoms with van der Waals surface area (Å²) >= 11 is 0. The standard InChI is InChI=1S/C22H18O2/c1-17(23)19-12-14-21(15-13-19)24-22(20-10-6-3-7-11-20)16-18-8-4-2-5-9-18/h2-16H,1H3/b22-16+. The van der Waals surface area contributed by atoms with E-state index >= 15 is 0 Å². The van der Waals surface area contributed by atoms with Crippen LogP contribution in [0.3, 0.4) is 0 Å². The van der Waals surface area contributed by atoms with Crippen LogP contribution in [0, 0.1) is 0 Å². The van der Waals surface area contributed by atoms with Gasteiger partial charge in [0.15, 0.2) is 5.78 Å². The van der Waals surface area contributed by atoms with E-state index in [1.54, 1.807) is 19.1 Å². The molecule has 0 saturated carbocycles. The number of rotatable bonds is 5. The molecule has 3 rings (SSSR count). The average Bonchev–Trinajstić information content (AvgIpc) is 2.63. The van der Waals surface area contributed by atoms with Crippen LogP contribution < -0.4 is 4.74 Å². The zero-order valence-corrected chi connectivity index (χ0v) is 13.5. The van der Waals surface area contributed by atoms with E-state index in [1.165, 1.54) is 0 Å². The minimum atomic E-state index is 0.0460. The molecule has 2 heteroatoms. The molecule has 0 fully saturated rings. The number of hydrogen-bond acceptors (Lipinski definition) is 2. The van der Waals surface area contributed by atoms with Gasteiger partial charge in [0.25, 0.3) is 0 Å². The molecule has 0 N–H and O–H groups in total. The van der Waals surface area contributed by atoms with Gasteiger partial charge in [-0.2, -0.15) is 0 Å². The molecule has 0 heterocycles. The summed E-state index contributed by atoms with van der Waals surface area (Å²) in [5.41, 5.74) is 2.74. The molecule has 0 radical (unpaired) electrons. The second-order valence-electron chi connectivity index (χ2n) is 5.47. The van der Waals surface area contributed by atoms with Gasteiger partial charge in [-0.3, -0.25) is 4.79 Å².